The van der Waals surface area contributed by atoms with E-state index in [4.69, 9.17) is 17.3 Å². The lowest BCUT2D eigenvalue weighted by atomic mass is 9.93. The van der Waals surface area contributed by atoms with Gasteiger partial charge in [-0.1, -0.05) is 25.4 Å². The van der Waals surface area contributed by atoms with Crippen molar-refractivity contribution in [3.8, 4) is 0 Å². The Bertz CT molecular complexity index is 401. The van der Waals surface area contributed by atoms with Gasteiger partial charge in [0, 0.05) is 23.8 Å². The van der Waals surface area contributed by atoms with Crippen LogP contribution in [0.2, 0.25) is 5.02 Å². The molecule has 0 aromatic heterocycles. The van der Waals surface area contributed by atoms with Gasteiger partial charge in [0.05, 0.1) is 0 Å². The summed E-state index contributed by atoms with van der Waals surface area (Å²) < 4.78 is 0. The van der Waals surface area contributed by atoms with E-state index in [0.717, 1.165) is 24.5 Å². The minimum atomic E-state index is 0.416. The van der Waals surface area contributed by atoms with Gasteiger partial charge in [-0.05, 0) is 48.6 Å². The van der Waals surface area contributed by atoms with Gasteiger partial charge in [-0.25, -0.2) is 0 Å². The maximum absolute atomic E-state index is 6.06. The molecule has 1 aromatic rings. The van der Waals surface area contributed by atoms with Gasteiger partial charge in [0.15, 0.2) is 0 Å². The lowest BCUT2D eigenvalue weighted by Crippen LogP contribution is -2.24. The summed E-state index contributed by atoms with van der Waals surface area (Å²) in [5.74, 6) is 0. The first-order valence-electron chi connectivity index (χ1n) is 6.25. The Hall–Kier alpha value is -0.730. The predicted molar refractivity (Wildman–Crippen MR) is 74.8 cm³/mol. The smallest absolute Gasteiger partial charge is 0.0410 e. The van der Waals surface area contributed by atoms with Crippen LogP contribution >= 0.6 is 11.6 Å². The number of nitrogens with two attached hydrogens (primary N) is 1. The van der Waals surface area contributed by atoms with Crippen LogP contribution in [-0.4, -0.2) is 19.6 Å². The predicted octanol–water partition coefficient (Wildman–Crippen LogP) is 3.08. The third kappa shape index (κ3) is 2.93. The Kier molecular flexibility index (Phi) is 3.64. The van der Waals surface area contributed by atoms with Crippen molar-refractivity contribution in [2.45, 2.75) is 26.7 Å². The van der Waals surface area contributed by atoms with Crippen LogP contribution in [0.5, 0.6) is 0 Å². The highest BCUT2D eigenvalue weighted by atomic mass is 35.5. The summed E-state index contributed by atoms with van der Waals surface area (Å²) in [7, 11) is 0. The molecule has 94 valence electrons. The van der Waals surface area contributed by atoms with Gasteiger partial charge < -0.3 is 10.6 Å². The second-order valence-electron chi connectivity index (χ2n) is 5.65. The third-order valence-corrected chi connectivity index (χ3v) is 3.71. The van der Waals surface area contributed by atoms with Crippen molar-refractivity contribution in [2.24, 2.45) is 11.1 Å². The van der Waals surface area contributed by atoms with Crippen molar-refractivity contribution >= 4 is 17.3 Å². The molecule has 17 heavy (non-hydrogen) atoms. The van der Waals surface area contributed by atoms with E-state index in [-0.39, 0.29) is 0 Å². The van der Waals surface area contributed by atoms with E-state index in [0.29, 0.717) is 12.0 Å². The third-order valence-electron chi connectivity index (χ3n) is 3.47. The highest BCUT2D eigenvalue weighted by Crippen LogP contribution is 2.35. The molecule has 1 fully saturated rings. The minimum Gasteiger partial charge on any atom is -0.371 e. The summed E-state index contributed by atoms with van der Waals surface area (Å²) >= 11 is 6.06. The zero-order valence-corrected chi connectivity index (χ0v) is 11.4. The molecule has 2 nitrogen and oxygen atoms in total. The summed E-state index contributed by atoms with van der Waals surface area (Å²) in [6.45, 7) is 7.57. The molecule has 0 saturated carbocycles. The number of anilines is 1. The van der Waals surface area contributed by atoms with Crippen molar-refractivity contribution in [2.75, 3.05) is 24.5 Å². The SMILES string of the molecule is CC1(C)CCN(c2ccc(Cl)cc2CCN)C1. The van der Waals surface area contributed by atoms with Crippen LogP contribution in [0.25, 0.3) is 0 Å². The zero-order chi connectivity index (χ0) is 12.5. The van der Waals surface area contributed by atoms with Crippen LogP contribution in [0.1, 0.15) is 25.8 Å². The normalized spacial score (nSPS) is 18.7. The molecule has 0 bridgehead atoms. The van der Waals surface area contributed by atoms with Crippen molar-refractivity contribution in [3.63, 3.8) is 0 Å². The molecule has 1 aromatic carbocycles. The van der Waals surface area contributed by atoms with E-state index in [2.05, 4.69) is 30.9 Å². The molecular formula is C14H21ClN2. The van der Waals surface area contributed by atoms with E-state index in [1.165, 1.54) is 17.7 Å². The molecule has 1 heterocycles. The molecule has 3 heteroatoms. The average molecular weight is 253 g/mol. The fraction of sp³-hybridized carbons (Fsp3) is 0.571. The summed E-state index contributed by atoms with van der Waals surface area (Å²) in [6.07, 6.45) is 2.14. The van der Waals surface area contributed by atoms with E-state index >= 15 is 0 Å². The molecular weight excluding hydrogens is 232 g/mol. The number of nitrogens with zero attached hydrogens (tertiary/aromatic N) is 1. The quantitative estimate of drug-likeness (QED) is 0.896. The number of rotatable bonds is 3. The van der Waals surface area contributed by atoms with Crippen LogP contribution in [0.15, 0.2) is 18.2 Å². The molecule has 0 atom stereocenters. The fourth-order valence-corrected chi connectivity index (χ4v) is 2.73. The zero-order valence-electron chi connectivity index (χ0n) is 10.7. The molecule has 0 aliphatic carbocycles. The standard InChI is InChI=1S/C14H21ClN2/c1-14(2)6-8-17(10-14)13-4-3-12(15)9-11(13)5-7-16/h3-4,9H,5-8,10,16H2,1-2H3. The monoisotopic (exact) mass is 252 g/mol. The van der Waals surface area contributed by atoms with Gasteiger partial charge in [-0.3, -0.25) is 0 Å². The van der Waals surface area contributed by atoms with Crippen LogP contribution in [0.4, 0.5) is 5.69 Å². The van der Waals surface area contributed by atoms with E-state index in [1.807, 2.05) is 6.07 Å². The minimum absolute atomic E-state index is 0.416. The van der Waals surface area contributed by atoms with Crippen molar-refractivity contribution < 1.29 is 0 Å². The molecule has 0 spiro atoms. The first kappa shape index (κ1) is 12.7. The molecule has 2 N–H and O–H groups in total. The van der Waals surface area contributed by atoms with Crippen LogP contribution in [-0.2, 0) is 6.42 Å². The Morgan fingerprint density at radius 3 is 2.76 bits per heavy atom. The maximum Gasteiger partial charge on any atom is 0.0410 e. The van der Waals surface area contributed by atoms with E-state index in [9.17, 15) is 0 Å². The number of hydrogen-bond acceptors (Lipinski definition) is 2. The fourth-order valence-electron chi connectivity index (χ4n) is 2.54. The van der Waals surface area contributed by atoms with Crippen molar-refractivity contribution in [1.29, 1.82) is 0 Å². The van der Waals surface area contributed by atoms with Gasteiger partial charge in [-0.15, -0.1) is 0 Å². The molecule has 0 amide bonds. The lowest BCUT2D eigenvalue weighted by Gasteiger charge is -2.24. The Morgan fingerprint density at radius 1 is 1.41 bits per heavy atom. The highest BCUT2D eigenvalue weighted by Gasteiger charge is 2.30. The highest BCUT2D eigenvalue weighted by molar-refractivity contribution is 6.30. The molecule has 0 unspecified atom stereocenters. The van der Waals surface area contributed by atoms with Gasteiger partial charge in [-0.2, -0.15) is 0 Å². The van der Waals surface area contributed by atoms with Crippen LogP contribution < -0.4 is 10.6 Å². The van der Waals surface area contributed by atoms with Crippen LogP contribution in [0, 0.1) is 5.41 Å². The summed E-state index contributed by atoms with van der Waals surface area (Å²) in [5.41, 5.74) is 8.67. The van der Waals surface area contributed by atoms with Crippen LogP contribution in [0.3, 0.4) is 0 Å². The van der Waals surface area contributed by atoms with Crippen molar-refractivity contribution in [3.05, 3.63) is 28.8 Å². The van der Waals surface area contributed by atoms with Crippen molar-refractivity contribution in [1.82, 2.24) is 0 Å². The Morgan fingerprint density at radius 2 is 2.18 bits per heavy atom. The summed E-state index contributed by atoms with van der Waals surface area (Å²) in [6, 6.07) is 6.16. The van der Waals surface area contributed by atoms with E-state index in [1.54, 1.807) is 0 Å². The van der Waals surface area contributed by atoms with Gasteiger partial charge >= 0.3 is 0 Å². The number of benzene rings is 1. The molecule has 1 aliphatic rings. The lowest BCUT2D eigenvalue weighted by molar-refractivity contribution is 0.418. The second kappa shape index (κ2) is 4.87. The average Bonchev–Trinajstić information content (AvgIpc) is 2.59. The van der Waals surface area contributed by atoms with Gasteiger partial charge in [0.1, 0.15) is 0 Å². The topological polar surface area (TPSA) is 29.3 Å². The van der Waals surface area contributed by atoms with Gasteiger partial charge in [0.2, 0.25) is 0 Å². The number of hydrogen-bond donors (Lipinski definition) is 1. The maximum atomic E-state index is 6.06. The van der Waals surface area contributed by atoms with E-state index < -0.39 is 0 Å². The summed E-state index contributed by atoms with van der Waals surface area (Å²) in [4.78, 5) is 2.46. The molecule has 1 saturated heterocycles. The largest absolute Gasteiger partial charge is 0.371 e. The van der Waals surface area contributed by atoms with Gasteiger partial charge in [0.25, 0.3) is 0 Å². The molecule has 0 radical (unpaired) electrons. The summed E-state index contributed by atoms with van der Waals surface area (Å²) in [5, 5.41) is 0.802. The Balaban J connectivity index is 2.26. The molecule has 1 aliphatic heterocycles. The second-order valence-corrected chi connectivity index (χ2v) is 6.08. The first-order valence-corrected chi connectivity index (χ1v) is 6.63. The Labute approximate surface area is 109 Å². The molecule has 2 rings (SSSR count). The first-order chi connectivity index (χ1) is 8.02. The number of halogens is 1.